The lowest BCUT2D eigenvalue weighted by Gasteiger charge is -2.11. The van der Waals surface area contributed by atoms with Crippen LogP contribution in [-0.4, -0.2) is 13.0 Å². The van der Waals surface area contributed by atoms with Crippen molar-refractivity contribution in [2.45, 2.75) is 13.5 Å². The van der Waals surface area contributed by atoms with Gasteiger partial charge in [0.15, 0.2) is 5.75 Å². The van der Waals surface area contributed by atoms with Crippen LogP contribution in [0, 0.1) is 18.3 Å². The number of nitrogens with zero attached hydrogens (tertiary/aromatic N) is 1. The van der Waals surface area contributed by atoms with E-state index in [-0.39, 0.29) is 15.6 Å². The summed E-state index contributed by atoms with van der Waals surface area (Å²) in [6, 6.07) is 19.8. The van der Waals surface area contributed by atoms with Gasteiger partial charge in [-0.15, -0.1) is 0 Å². The highest BCUT2D eigenvalue weighted by Gasteiger charge is 2.13. The smallest absolute Gasteiger partial charge is 0.266 e. The van der Waals surface area contributed by atoms with E-state index in [1.807, 2.05) is 37.3 Å². The highest BCUT2D eigenvalue weighted by molar-refractivity contribution is 6.37. The number of rotatable bonds is 7. The van der Waals surface area contributed by atoms with Crippen molar-refractivity contribution in [1.82, 2.24) is 0 Å². The quantitative estimate of drug-likeness (QED) is 0.321. The van der Waals surface area contributed by atoms with Crippen molar-refractivity contribution in [3.05, 3.63) is 93.0 Å². The molecule has 0 aliphatic rings. The molecule has 0 bridgehead atoms. The third-order valence-corrected chi connectivity index (χ3v) is 5.07. The Bertz CT molecular complexity index is 1180. The second kappa shape index (κ2) is 10.7. The minimum Gasteiger partial charge on any atom is -0.497 e. The molecule has 0 aliphatic carbocycles. The first kappa shape index (κ1) is 23.2. The van der Waals surface area contributed by atoms with Crippen LogP contribution in [0.1, 0.15) is 16.7 Å². The zero-order chi connectivity index (χ0) is 23.1. The molecular weight excluding hydrogens is 447 g/mol. The molecule has 3 aromatic rings. The molecule has 0 atom stereocenters. The number of aryl methyl sites for hydroxylation is 1. The zero-order valence-electron chi connectivity index (χ0n) is 17.5. The molecule has 7 heteroatoms. The summed E-state index contributed by atoms with van der Waals surface area (Å²) in [5.74, 6) is 0.450. The molecule has 3 aromatic carbocycles. The van der Waals surface area contributed by atoms with Gasteiger partial charge in [-0.3, -0.25) is 4.79 Å². The molecule has 162 valence electrons. The van der Waals surface area contributed by atoms with Crippen LogP contribution < -0.4 is 14.8 Å². The Morgan fingerprint density at radius 1 is 1.09 bits per heavy atom. The van der Waals surface area contributed by atoms with Gasteiger partial charge in [-0.1, -0.05) is 53.0 Å². The summed E-state index contributed by atoms with van der Waals surface area (Å²) in [6.45, 7) is 2.31. The lowest BCUT2D eigenvalue weighted by molar-refractivity contribution is -0.112. The van der Waals surface area contributed by atoms with E-state index in [0.29, 0.717) is 29.4 Å². The Labute approximate surface area is 196 Å². The number of carbonyl (C=O) groups is 1. The Morgan fingerprint density at radius 2 is 1.78 bits per heavy atom. The lowest BCUT2D eigenvalue weighted by Crippen LogP contribution is -2.13. The number of hydrogen-bond acceptors (Lipinski definition) is 4. The van der Waals surface area contributed by atoms with Crippen LogP contribution in [0.4, 0.5) is 5.69 Å². The summed E-state index contributed by atoms with van der Waals surface area (Å²) >= 11 is 12.7. The van der Waals surface area contributed by atoms with Crippen molar-refractivity contribution in [3.8, 4) is 17.6 Å². The molecule has 0 fully saturated rings. The number of anilines is 1. The molecule has 0 aliphatic heterocycles. The van der Waals surface area contributed by atoms with Gasteiger partial charge in [0.1, 0.15) is 24.0 Å². The zero-order valence-corrected chi connectivity index (χ0v) is 19.0. The Kier molecular flexibility index (Phi) is 7.77. The predicted molar refractivity (Wildman–Crippen MR) is 127 cm³/mol. The molecule has 0 unspecified atom stereocenters. The van der Waals surface area contributed by atoms with Crippen molar-refractivity contribution in [2.75, 3.05) is 12.4 Å². The molecule has 1 amide bonds. The average molecular weight is 467 g/mol. The van der Waals surface area contributed by atoms with Gasteiger partial charge in [-0.05, 0) is 60.5 Å². The minimum absolute atomic E-state index is 0.0959. The summed E-state index contributed by atoms with van der Waals surface area (Å²) in [5.41, 5.74) is 3.06. The first-order valence-corrected chi connectivity index (χ1v) is 10.4. The molecule has 0 saturated carbocycles. The van der Waals surface area contributed by atoms with Crippen molar-refractivity contribution in [1.29, 1.82) is 5.26 Å². The largest absolute Gasteiger partial charge is 0.497 e. The first-order chi connectivity index (χ1) is 15.4. The number of nitrogens with one attached hydrogen (secondary N) is 1. The number of hydrogen-bond donors (Lipinski definition) is 1. The van der Waals surface area contributed by atoms with Crippen molar-refractivity contribution in [2.24, 2.45) is 0 Å². The van der Waals surface area contributed by atoms with Crippen LogP contribution in [0.5, 0.6) is 11.5 Å². The highest BCUT2D eigenvalue weighted by atomic mass is 35.5. The summed E-state index contributed by atoms with van der Waals surface area (Å²) in [4.78, 5) is 12.5. The van der Waals surface area contributed by atoms with Crippen LogP contribution >= 0.6 is 23.2 Å². The van der Waals surface area contributed by atoms with Gasteiger partial charge in [0.05, 0.1) is 17.2 Å². The second-order valence-electron chi connectivity index (χ2n) is 6.94. The third kappa shape index (κ3) is 6.04. The second-order valence-corrected chi connectivity index (χ2v) is 7.76. The van der Waals surface area contributed by atoms with Gasteiger partial charge in [0.2, 0.25) is 0 Å². The van der Waals surface area contributed by atoms with Crippen LogP contribution in [-0.2, 0) is 11.4 Å². The summed E-state index contributed by atoms with van der Waals surface area (Å²) in [7, 11) is 1.55. The monoisotopic (exact) mass is 466 g/mol. The van der Waals surface area contributed by atoms with Crippen LogP contribution in [0.2, 0.25) is 10.0 Å². The van der Waals surface area contributed by atoms with Gasteiger partial charge < -0.3 is 14.8 Å². The van der Waals surface area contributed by atoms with Crippen molar-refractivity contribution < 1.29 is 14.3 Å². The first-order valence-electron chi connectivity index (χ1n) is 9.64. The van der Waals surface area contributed by atoms with E-state index in [9.17, 15) is 10.1 Å². The fourth-order valence-corrected chi connectivity index (χ4v) is 3.56. The van der Waals surface area contributed by atoms with Gasteiger partial charge in [-0.25, -0.2) is 0 Å². The number of halogens is 2. The summed E-state index contributed by atoms with van der Waals surface area (Å²) in [6.07, 6.45) is 1.42. The molecule has 1 N–H and O–H groups in total. The van der Waals surface area contributed by atoms with Crippen LogP contribution in [0.15, 0.2) is 66.2 Å². The number of carbonyl (C=O) groups excluding carboxylic acids is 1. The SMILES string of the molecule is COc1ccc(NC(=O)/C(C#N)=C\c2cc(Cl)c(OCc3cccc(C)c3)c(Cl)c2)cc1. The molecule has 0 heterocycles. The standard InChI is InChI=1S/C25H20Cl2N2O3/c1-16-4-3-5-17(10-16)15-32-24-22(26)12-18(13-23(24)27)11-19(14-28)25(30)29-20-6-8-21(31-2)9-7-20/h3-13H,15H2,1-2H3,(H,29,30)/b19-11-. The molecular formula is C25H20Cl2N2O3. The van der Waals surface area contributed by atoms with E-state index in [4.69, 9.17) is 32.7 Å². The molecule has 32 heavy (non-hydrogen) atoms. The van der Waals surface area contributed by atoms with E-state index in [1.54, 1.807) is 43.5 Å². The maximum atomic E-state index is 12.5. The van der Waals surface area contributed by atoms with E-state index in [1.165, 1.54) is 6.08 Å². The fourth-order valence-electron chi connectivity index (χ4n) is 2.95. The van der Waals surface area contributed by atoms with Crippen LogP contribution in [0.3, 0.4) is 0 Å². The molecule has 0 spiro atoms. The minimum atomic E-state index is -0.551. The number of nitriles is 1. The molecule has 5 nitrogen and oxygen atoms in total. The van der Waals surface area contributed by atoms with E-state index < -0.39 is 5.91 Å². The maximum Gasteiger partial charge on any atom is 0.266 e. The number of ether oxygens (including phenoxy) is 2. The normalized spacial score (nSPS) is 10.9. The topological polar surface area (TPSA) is 71.3 Å². The number of benzene rings is 3. The highest BCUT2D eigenvalue weighted by Crippen LogP contribution is 2.35. The van der Waals surface area contributed by atoms with E-state index in [2.05, 4.69) is 5.32 Å². The van der Waals surface area contributed by atoms with Crippen molar-refractivity contribution in [3.63, 3.8) is 0 Å². The number of amides is 1. The lowest BCUT2D eigenvalue weighted by atomic mass is 10.1. The summed E-state index contributed by atoms with van der Waals surface area (Å²) in [5, 5.41) is 12.7. The average Bonchev–Trinajstić information content (AvgIpc) is 2.77. The maximum absolute atomic E-state index is 12.5. The summed E-state index contributed by atoms with van der Waals surface area (Å²) < 4.78 is 10.9. The van der Waals surface area contributed by atoms with Gasteiger partial charge in [0, 0.05) is 5.69 Å². The molecule has 0 saturated heterocycles. The van der Waals surface area contributed by atoms with E-state index >= 15 is 0 Å². The molecule has 0 aromatic heterocycles. The predicted octanol–water partition coefficient (Wildman–Crippen LogP) is 6.44. The fraction of sp³-hybridized carbons (Fsp3) is 0.120. The van der Waals surface area contributed by atoms with Gasteiger partial charge in [-0.2, -0.15) is 5.26 Å². The molecule has 3 rings (SSSR count). The van der Waals surface area contributed by atoms with Gasteiger partial charge >= 0.3 is 0 Å². The Morgan fingerprint density at radius 3 is 2.38 bits per heavy atom. The number of methoxy groups -OCH3 is 1. The van der Waals surface area contributed by atoms with E-state index in [0.717, 1.165) is 11.1 Å². The third-order valence-electron chi connectivity index (χ3n) is 4.51. The van der Waals surface area contributed by atoms with Crippen molar-refractivity contribution >= 4 is 40.9 Å². The van der Waals surface area contributed by atoms with Crippen LogP contribution in [0.25, 0.3) is 6.08 Å². The van der Waals surface area contributed by atoms with Gasteiger partial charge in [0.25, 0.3) is 5.91 Å². The Balaban J connectivity index is 1.75. The molecule has 0 radical (unpaired) electrons. The Hall–Kier alpha value is -3.46.